The summed E-state index contributed by atoms with van der Waals surface area (Å²) in [5.74, 6) is 0.917. The molecule has 12 heteroatoms. The highest BCUT2D eigenvalue weighted by atomic mass is 32.2. The minimum Gasteiger partial charge on any atom is -0.493 e. The van der Waals surface area contributed by atoms with Gasteiger partial charge in [0.2, 0.25) is 5.13 Å². The van der Waals surface area contributed by atoms with Crippen LogP contribution in [-0.4, -0.2) is 44.9 Å². The van der Waals surface area contributed by atoms with E-state index in [1.165, 1.54) is 35.1 Å². The molecule has 1 saturated heterocycles. The van der Waals surface area contributed by atoms with Crippen molar-refractivity contribution in [3.05, 3.63) is 57.8 Å². The molecule has 3 aromatic rings. The largest absolute Gasteiger partial charge is 0.493 e. The van der Waals surface area contributed by atoms with E-state index in [0.29, 0.717) is 31.6 Å². The third-order valence-electron chi connectivity index (χ3n) is 4.38. The van der Waals surface area contributed by atoms with E-state index in [-0.39, 0.29) is 25.0 Å². The first kappa shape index (κ1) is 23.0. The highest BCUT2D eigenvalue weighted by molar-refractivity contribution is 8.26. The van der Waals surface area contributed by atoms with E-state index >= 15 is 0 Å². The zero-order valence-corrected chi connectivity index (χ0v) is 20.0. The van der Waals surface area contributed by atoms with Crippen LogP contribution in [0.3, 0.4) is 0 Å². The number of carbonyl (C=O) groups excluding carboxylic acids is 2. The highest BCUT2D eigenvalue weighted by Gasteiger charge is 2.32. The summed E-state index contributed by atoms with van der Waals surface area (Å²) in [6.07, 6.45) is 3.29. The molecule has 0 bridgehead atoms. The molecule has 2 amide bonds. The van der Waals surface area contributed by atoms with Crippen LogP contribution in [0, 0.1) is 6.92 Å². The van der Waals surface area contributed by atoms with Gasteiger partial charge in [0, 0.05) is 0 Å². The lowest BCUT2D eigenvalue weighted by molar-refractivity contribution is -0.122. The Morgan fingerprint density at radius 1 is 1.30 bits per heavy atom. The third-order valence-corrected chi connectivity index (χ3v) is 6.52. The van der Waals surface area contributed by atoms with Gasteiger partial charge in [-0.25, -0.2) is 0 Å². The number of amides is 2. The number of rotatable bonds is 8. The number of aromatic nitrogens is 2. The van der Waals surface area contributed by atoms with Gasteiger partial charge in [0.1, 0.15) is 15.1 Å². The molecule has 0 radical (unpaired) electrons. The second-order valence-corrected chi connectivity index (χ2v) is 9.58. The van der Waals surface area contributed by atoms with Crippen LogP contribution in [0.5, 0.6) is 11.5 Å². The van der Waals surface area contributed by atoms with Gasteiger partial charge in [-0.1, -0.05) is 41.4 Å². The van der Waals surface area contributed by atoms with Gasteiger partial charge in [0.05, 0.1) is 24.8 Å². The van der Waals surface area contributed by atoms with Crippen molar-refractivity contribution in [2.75, 3.05) is 19.0 Å². The molecule has 3 heterocycles. The van der Waals surface area contributed by atoms with Gasteiger partial charge in [0.25, 0.3) is 11.8 Å². The van der Waals surface area contributed by atoms with Crippen molar-refractivity contribution in [3.63, 3.8) is 0 Å². The van der Waals surface area contributed by atoms with Crippen LogP contribution < -0.4 is 14.8 Å². The molecule has 4 rings (SSSR count). The molecule has 0 spiro atoms. The number of nitrogens with zero attached hydrogens (tertiary/aromatic N) is 3. The lowest BCUT2D eigenvalue weighted by atomic mass is 10.2. The maximum atomic E-state index is 12.8. The summed E-state index contributed by atoms with van der Waals surface area (Å²) in [6, 6.07) is 8.72. The van der Waals surface area contributed by atoms with Crippen LogP contribution >= 0.6 is 35.3 Å². The number of nitrogens with one attached hydrogen (secondary N) is 1. The Kier molecular flexibility index (Phi) is 7.06. The fraction of sp³-hybridized carbons (Fsp3) is 0.190. The number of hydrogen-bond acceptors (Lipinski definition) is 10. The second-order valence-electron chi connectivity index (χ2n) is 6.72. The van der Waals surface area contributed by atoms with Crippen molar-refractivity contribution in [1.29, 1.82) is 0 Å². The number of anilines is 1. The monoisotopic (exact) mass is 502 g/mol. The predicted molar refractivity (Wildman–Crippen MR) is 129 cm³/mol. The van der Waals surface area contributed by atoms with E-state index in [4.69, 9.17) is 26.1 Å². The summed E-state index contributed by atoms with van der Waals surface area (Å²) < 4.78 is 16.8. The maximum absolute atomic E-state index is 12.8. The Hall–Kier alpha value is -3.22. The van der Waals surface area contributed by atoms with Gasteiger partial charge in [-0.15, -0.1) is 10.2 Å². The molecule has 1 N–H and O–H groups in total. The Morgan fingerprint density at radius 3 is 2.85 bits per heavy atom. The Balaban J connectivity index is 1.42. The third kappa shape index (κ3) is 5.59. The molecule has 33 heavy (non-hydrogen) atoms. The van der Waals surface area contributed by atoms with E-state index < -0.39 is 0 Å². The SMILES string of the molecule is COc1cc(/C=C2\SC(=S)N(Cc3ccco3)C2=O)ccc1OCC(=O)Nc1nnc(C)s1. The molecule has 2 aromatic heterocycles. The molecule has 0 aliphatic carbocycles. The lowest BCUT2D eigenvalue weighted by Crippen LogP contribution is -2.27. The average molecular weight is 503 g/mol. The lowest BCUT2D eigenvalue weighted by Gasteiger charge is -2.12. The highest BCUT2D eigenvalue weighted by Crippen LogP contribution is 2.35. The quantitative estimate of drug-likeness (QED) is 0.363. The first-order chi connectivity index (χ1) is 15.9. The smallest absolute Gasteiger partial charge is 0.266 e. The average Bonchev–Trinajstić information content (AvgIpc) is 3.51. The van der Waals surface area contributed by atoms with Crippen molar-refractivity contribution >= 4 is 62.7 Å². The molecule has 1 fully saturated rings. The number of aryl methyl sites for hydroxylation is 1. The Labute approximate surface area is 202 Å². The molecule has 0 saturated carbocycles. The normalized spacial score (nSPS) is 14.7. The first-order valence-electron chi connectivity index (χ1n) is 9.61. The number of hydrogen-bond donors (Lipinski definition) is 1. The first-order valence-corrected chi connectivity index (χ1v) is 11.7. The molecular weight excluding hydrogens is 484 g/mol. The zero-order chi connectivity index (χ0) is 23.4. The number of furan rings is 1. The number of ether oxygens (including phenoxy) is 2. The van der Waals surface area contributed by atoms with E-state index in [2.05, 4.69) is 15.5 Å². The van der Waals surface area contributed by atoms with E-state index in [1.807, 2.05) is 0 Å². The fourth-order valence-corrected chi connectivity index (χ4v) is 4.75. The van der Waals surface area contributed by atoms with Crippen LogP contribution in [0.25, 0.3) is 6.08 Å². The molecule has 170 valence electrons. The molecule has 0 atom stereocenters. The van der Waals surface area contributed by atoms with Crippen molar-refractivity contribution < 1.29 is 23.5 Å². The summed E-state index contributed by atoms with van der Waals surface area (Å²) in [4.78, 5) is 26.9. The predicted octanol–water partition coefficient (Wildman–Crippen LogP) is 3.87. The number of benzene rings is 1. The van der Waals surface area contributed by atoms with Crippen LogP contribution in [0.4, 0.5) is 5.13 Å². The Morgan fingerprint density at radius 2 is 2.15 bits per heavy atom. The molecular formula is C21H18N4O5S3. The Bertz CT molecular complexity index is 1220. The van der Waals surface area contributed by atoms with Gasteiger partial charge in [-0.05, 0) is 42.8 Å². The van der Waals surface area contributed by atoms with Gasteiger partial charge in [-0.3, -0.25) is 19.8 Å². The number of methoxy groups -OCH3 is 1. The zero-order valence-electron chi connectivity index (χ0n) is 17.6. The summed E-state index contributed by atoms with van der Waals surface area (Å²) in [6.45, 7) is 1.86. The fourth-order valence-electron chi connectivity index (χ4n) is 2.88. The van der Waals surface area contributed by atoms with E-state index in [9.17, 15) is 9.59 Å². The van der Waals surface area contributed by atoms with Crippen molar-refractivity contribution in [2.24, 2.45) is 0 Å². The number of carbonyl (C=O) groups is 2. The number of thioether (sulfide) groups is 1. The van der Waals surface area contributed by atoms with Crippen molar-refractivity contribution in [3.8, 4) is 11.5 Å². The van der Waals surface area contributed by atoms with Crippen molar-refractivity contribution in [1.82, 2.24) is 15.1 Å². The molecule has 1 aliphatic rings. The van der Waals surface area contributed by atoms with E-state index in [0.717, 1.165) is 10.6 Å². The van der Waals surface area contributed by atoms with Gasteiger partial charge in [0.15, 0.2) is 18.1 Å². The topological polar surface area (TPSA) is 107 Å². The van der Waals surface area contributed by atoms with Gasteiger partial charge in [-0.2, -0.15) is 0 Å². The molecule has 9 nitrogen and oxygen atoms in total. The maximum Gasteiger partial charge on any atom is 0.266 e. The molecule has 1 aromatic carbocycles. The van der Waals surface area contributed by atoms with Crippen LogP contribution in [0.1, 0.15) is 16.3 Å². The summed E-state index contributed by atoms with van der Waals surface area (Å²) >= 11 is 7.86. The van der Waals surface area contributed by atoms with Crippen LogP contribution in [0.2, 0.25) is 0 Å². The minimum absolute atomic E-state index is 0.190. The summed E-state index contributed by atoms with van der Waals surface area (Å²) in [7, 11) is 1.50. The summed E-state index contributed by atoms with van der Waals surface area (Å²) in [5, 5.41) is 11.5. The van der Waals surface area contributed by atoms with E-state index in [1.54, 1.807) is 49.6 Å². The number of thiocarbonyl (C=S) groups is 1. The van der Waals surface area contributed by atoms with Crippen LogP contribution in [-0.2, 0) is 16.1 Å². The minimum atomic E-state index is -0.363. The van der Waals surface area contributed by atoms with Crippen molar-refractivity contribution in [2.45, 2.75) is 13.5 Å². The molecule has 0 unspecified atom stereocenters. The van der Waals surface area contributed by atoms with Gasteiger partial charge < -0.3 is 13.9 Å². The van der Waals surface area contributed by atoms with Gasteiger partial charge >= 0.3 is 0 Å². The molecule has 1 aliphatic heterocycles. The van der Waals surface area contributed by atoms with Crippen LogP contribution in [0.15, 0.2) is 45.9 Å². The standard InChI is InChI=1S/C21H18N4O5S3/c1-12-23-24-20(32-12)22-18(26)11-30-15-6-5-13(8-16(15)28-2)9-17-19(27)25(21(31)33-17)10-14-4-3-7-29-14/h3-9H,10-11H2,1-2H3,(H,22,24,26)/b17-9-. The second kappa shape index (κ2) is 10.1. The summed E-state index contributed by atoms with van der Waals surface area (Å²) in [5.41, 5.74) is 0.728.